The summed E-state index contributed by atoms with van der Waals surface area (Å²) in [7, 11) is 0. The maximum Gasteiger partial charge on any atom is 0.278 e. The van der Waals surface area contributed by atoms with Gasteiger partial charge in [-0.2, -0.15) is 4.39 Å². The van der Waals surface area contributed by atoms with Crippen LogP contribution in [0.5, 0.6) is 5.75 Å². The lowest BCUT2D eigenvalue weighted by atomic mass is 10.4. The smallest absolute Gasteiger partial charge is 0.278 e. The van der Waals surface area contributed by atoms with Gasteiger partial charge >= 0.3 is 0 Å². The molecule has 0 aromatic carbocycles. The lowest BCUT2D eigenvalue weighted by Gasteiger charge is -2.11. The Labute approximate surface area is 77.5 Å². The molecule has 1 aromatic rings. The zero-order valence-corrected chi connectivity index (χ0v) is 7.23. The average Bonchev–Trinajstić information content (AvgIpc) is 2.05. The average molecular weight is 209 g/mol. The molecule has 1 aromatic heterocycles. The highest BCUT2D eigenvalue weighted by molar-refractivity contribution is 5.19. The summed E-state index contributed by atoms with van der Waals surface area (Å²) >= 11 is 0. The van der Waals surface area contributed by atoms with Gasteiger partial charge in [0.15, 0.2) is 12.4 Å². The normalized spacial score (nSPS) is 11.5. The summed E-state index contributed by atoms with van der Waals surface area (Å²) < 4.78 is 54.1. The van der Waals surface area contributed by atoms with Gasteiger partial charge in [0.05, 0.1) is 6.20 Å². The highest BCUT2D eigenvalue weighted by Gasteiger charge is 2.23. The molecular formula is C8H7F4NO. The van der Waals surface area contributed by atoms with Crippen molar-refractivity contribution in [1.29, 1.82) is 0 Å². The number of nitrogens with zero attached hydrogens (tertiary/aromatic N) is 1. The summed E-state index contributed by atoms with van der Waals surface area (Å²) in [6.07, 6.45) is 0.631. The molecule has 2 nitrogen and oxygen atoms in total. The molecule has 0 radical (unpaired) electrons. The fraction of sp³-hybridized carbons (Fsp3) is 0.375. The molecule has 0 amide bonds. The van der Waals surface area contributed by atoms with Gasteiger partial charge in [0, 0.05) is 13.0 Å². The molecule has 0 unspecified atom stereocenters. The van der Waals surface area contributed by atoms with Crippen LogP contribution in [0.2, 0.25) is 0 Å². The first kappa shape index (κ1) is 10.7. The van der Waals surface area contributed by atoms with Crippen LogP contribution in [0.25, 0.3) is 0 Å². The van der Waals surface area contributed by atoms with Crippen LogP contribution in [-0.2, 0) is 0 Å². The Morgan fingerprint density at radius 1 is 1.43 bits per heavy atom. The van der Waals surface area contributed by atoms with Crippen molar-refractivity contribution >= 4 is 0 Å². The van der Waals surface area contributed by atoms with Gasteiger partial charge < -0.3 is 4.74 Å². The van der Waals surface area contributed by atoms with E-state index in [9.17, 15) is 17.6 Å². The molecule has 1 rings (SSSR count). The summed E-state index contributed by atoms with van der Waals surface area (Å²) in [5.74, 6) is -5.68. The van der Waals surface area contributed by atoms with Gasteiger partial charge in [-0.3, -0.25) is 0 Å². The molecule has 0 atom stereocenters. The van der Waals surface area contributed by atoms with E-state index in [-0.39, 0.29) is 0 Å². The van der Waals surface area contributed by atoms with Crippen molar-refractivity contribution in [1.82, 2.24) is 4.98 Å². The number of hydrogen-bond acceptors (Lipinski definition) is 2. The third-order valence-electron chi connectivity index (χ3n) is 1.25. The van der Waals surface area contributed by atoms with E-state index in [2.05, 4.69) is 9.72 Å². The minimum atomic E-state index is -3.10. The Morgan fingerprint density at radius 2 is 2.07 bits per heavy atom. The molecule has 0 aliphatic heterocycles. The van der Waals surface area contributed by atoms with Crippen LogP contribution < -0.4 is 4.74 Å². The van der Waals surface area contributed by atoms with Crippen LogP contribution in [0.3, 0.4) is 0 Å². The number of ether oxygens (including phenoxy) is 1. The van der Waals surface area contributed by atoms with E-state index in [4.69, 9.17) is 0 Å². The Kier molecular flexibility index (Phi) is 2.93. The van der Waals surface area contributed by atoms with Crippen molar-refractivity contribution in [2.24, 2.45) is 0 Å². The quantitative estimate of drug-likeness (QED) is 0.563. The SMILES string of the molecule is CC(F)(F)COc1cc(F)cnc1F. The second kappa shape index (κ2) is 3.81. The standard InChI is InChI=1S/C8H7F4NO/c1-8(11,12)4-14-6-2-5(9)3-13-7(6)10/h2-3H,4H2,1H3. The van der Waals surface area contributed by atoms with Gasteiger partial charge in [-0.05, 0) is 0 Å². The van der Waals surface area contributed by atoms with Crippen LogP contribution >= 0.6 is 0 Å². The Bertz CT molecular complexity index is 324. The van der Waals surface area contributed by atoms with Crippen LogP contribution in [0, 0.1) is 11.8 Å². The van der Waals surface area contributed by atoms with Gasteiger partial charge in [-0.1, -0.05) is 0 Å². The van der Waals surface area contributed by atoms with E-state index in [0.717, 1.165) is 0 Å². The van der Waals surface area contributed by atoms with Crippen LogP contribution in [-0.4, -0.2) is 17.5 Å². The van der Waals surface area contributed by atoms with E-state index in [1.807, 2.05) is 0 Å². The number of rotatable bonds is 3. The predicted molar refractivity (Wildman–Crippen MR) is 40.3 cm³/mol. The van der Waals surface area contributed by atoms with Crippen molar-refractivity contribution in [3.63, 3.8) is 0 Å². The first-order chi connectivity index (χ1) is 6.38. The molecule has 6 heteroatoms. The Balaban J connectivity index is 2.72. The van der Waals surface area contributed by atoms with E-state index in [1.165, 1.54) is 0 Å². The van der Waals surface area contributed by atoms with Gasteiger partial charge in [-0.15, -0.1) is 0 Å². The molecule has 0 N–H and O–H groups in total. The molecule has 0 saturated carbocycles. The number of hydrogen-bond donors (Lipinski definition) is 0. The Hall–Kier alpha value is -1.33. The molecule has 0 bridgehead atoms. The summed E-state index contributed by atoms with van der Waals surface area (Å²) in [5.41, 5.74) is 0. The summed E-state index contributed by atoms with van der Waals surface area (Å²) in [4.78, 5) is 2.97. The van der Waals surface area contributed by atoms with Gasteiger partial charge in [0.25, 0.3) is 11.9 Å². The minimum Gasteiger partial charge on any atom is -0.482 e. The van der Waals surface area contributed by atoms with Gasteiger partial charge in [0.1, 0.15) is 5.82 Å². The summed E-state index contributed by atoms with van der Waals surface area (Å²) in [5, 5.41) is 0. The Morgan fingerprint density at radius 3 is 2.64 bits per heavy atom. The molecule has 0 aliphatic rings. The highest BCUT2D eigenvalue weighted by Crippen LogP contribution is 2.19. The molecule has 0 spiro atoms. The fourth-order valence-electron chi connectivity index (χ4n) is 0.710. The number of pyridine rings is 1. The third-order valence-corrected chi connectivity index (χ3v) is 1.25. The van der Waals surface area contributed by atoms with Crippen molar-refractivity contribution in [3.05, 3.63) is 24.0 Å². The number of halogens is 4. The topological polar surface area (TPSA) is 22.1 Å². The van der Waals surface area contributed by atoms with E-state index < -0.39 is 30.0 Å². The van der Waals surface area contributed by atoms with Crippen molar-refractivity contribution < 1.29 is 22.3 Å². The molecular weight excluding hydrogens is 202 g/mol. The molecule has 78 valence electrons. The third kappa shape index (κ3) is 3.20. The molecule has 0 saturated heterocycles. The van der Waals surface area contributed by atoms with Crippen LogP contribution in [0.15, 0.2) is 12.3 Å². The van der Waals surface area contributed by atoms with Crippen molar-refractivity contribution in [2.45, 2.75) is 12.8 Å². The van der Waals surface area contributed by atoms with E-state index in [0.29, 0.717) is 19.2 Å². The number of alkyl halides is 2. The maximum absolute atomic E-state index is 12.7. The zero-order valence-electron chi connectivity index (χ0n) is 7.23. The maximum atomic E-state index is 12.7. The predicted octanol–water partition coefficient (Wildman–Crippen LogP) is 2.39. The van der Waals surface area contributed by atoms with Crippen LogP contribution in [0.1, 0.15) is 6.92 Å². The lowest BCUT2D eigenvalue weighted by Crippen LogP contribution is -2.21. The molecule has 0 fully saturated rings. The van der Waals surface area contributed by atoms with Gasteiger partial charge in [0.2, 0.25) is 0 Å². The monoisotopic (exact) mass is 209 g/mol. The minimum absolute atomic E-state index is 0.609. The second-order valence-corrected chi connectivity index (χ2v) is 2.80. The van der Waals surface area contributed by atoms with Crippen LogP contribution in [0.4, 0.5) is 17.6 Å². The van der Waals surface area contributed by atoms with Crippen molar-refractivity contribution in [2.75, 3.05) is 6.61 Å². The molecule has 1 heterocycles. The first-order valence-electron chi connectivity index (χ1n) is 3.70. The lowest BCUT2D eigenvalue weighted by molar-refractivity contribution is -0.0242. The molecule has 14 heavy (non-hydrogen) atoms. The summed E-state index contributed by atoms with van der Waals surface area (Å²) in [6, 6.07) is 0.661. The molecule has 0 aliphatic carbocycles. The largest absolute Gasteiger partial charge is 0.482 e. The fourth-order valence-corrected chi connectivity index (χ4v) is 0.710. The second-order valence-electron chi connectivity index (χ2n) is 2.80. The highest BCUT2D eigenvalue weighted by atomic mass is 19.3. The first-order valence-corrected chi connectivity index (χ1v) is 3.70. The van der Waals surface area contributed by atoms with E-state index in [1.54, 1.807) is 0 Å². The van der Waals surface area contributed by atoms with E-state index >= 15 is 0 Å². The van der Waals surface area contributed by atoms with Gasteiger partial charge in [-0.25, -0.2) is 18.2 Å². The zero-order chi connectivity index (χ0) is 10.8. The number of aromatic nitrogens is 1. The van der Waals surface area contributed by atoms with Crippen molar-refractivity contribution in [3.8, 4) is 5.75 Å². The summed E-state index contributed by atoms with van der Waals surface area (Å²) in [6.45, 7) is -0.410.